The third kappa shape index (κ3) is 6.44. The van der Waals surface area contributed by atoms with E-state index in [1.807, 2.05) is 24.3 Å². The Balaban J connectivity index is 2.18. The molecule has 17 heavy (non-hydrogen) atoms. The van der Waals surface area contributed by atoms with Crippen molar-refractivity contribution in [3.8, 4) is 0 Å². The van der Waals surface area contributed by atoms with Gasteiger partial charge in [-0.3, -0.25) is 4.79 Å². The predicted octanol–water partition coefficient (Wildman–Crippen LogP) is 3.17. The molecule has 1 aromatic carbocycles. The van der Waals surface area contributed by atoms with Crippen LogP contribution in [0.3, 0.4) is 0 Å². The lowest BCUT2D eigenvalue weighted by molar-refractivity contribution is -0.115. The molecule has 4 heteroatoms. The van der Waals surface area contributed by atoms with E-state index < -0.39 is 0 Å². The zero-order valence-corrected chi connectivity index (χ0v) is 11.7. The minimum absolute atomic E-state index is 0.00354. The van der Waals surface area contributed by atoms with Gasteiger partial charge in [-0.25, -0.2) is 0 Å². The van der Waals surface area contributed by atoms with E-state index in [2.05, 4.69) is 33.5 Å². The van der Waals surface area contributed by atoms with Crippen LogP contribution >= 0.6 is 15.9 Å². The van der Waals surface area contributed by atoms with Gasteiger partial charge < -0.3 is 10.6 Å². The molecular formula is C13H19BrN2O. The number of nitrogens with one attached hydrogen (secondary N) is 2. The highest BCUT2D eigenvalue weighted by molar-refractivity contribution is 9.10. The average molecular weight is 299 g/mol. The van der Waals surface area contributed by atoms with E-state index in [4.69, 9.17) is 0 Å². The van der Waals surface area contributed by atoms with Crippen molar-refractivity contribution in [1.82, 2.24) is 5.32 Å². The molecule has 1 amide bonds. The second-order valence-corrected chi connectivity index (χ2v) is 4.85. The summed E-state index contributed by atoms with van der Waals surface area (Å²) in [6.45, 7) is 3.45. The van der Waals surface area contributed by atoms with Crippen LogP contribution in [-0.4, -0.2) is 19.0 Å². The molecule has 0 aliphatic carbocycles. The first kappa shape index (κ1) is 14.2. The van der Waals surface area contributed by atoms with Crippen LogP contribution in [0.2, 0.25) is 0 Å². The fourth-order valence-electron chi connectivity index (χ4n) is 1.44. The van der Waals surface area contributed by atoms with Crippen LogP contribution in [0.15, 0.2) is 28.7 Å². The molecule has 0 heterocycles. The van der Waals surface area contributed by atoms with E-state index in [1.165, 1.54) is 12.8 Å². The summed E-state index contributed by atoms with van der Waals surface area (Å²) in [5.74, 6) is 0.00354. The maximum atomic E-state index is 11.5. The molecule has 0 aliphatic heterocycles. The van der Waals surface area contributed by atoms with Gasteiger partial charge >= 0.3 is 0 Å². The summed E-state index contributed by atoms with van der Waals surface area (Å²) in [5.41, 5.74) is 0.827. The monoisotopic (exact) mass is 298 g/mol. The second-order valence-electron chi connectivity index (χ2n) is 3.94. The van der Waals surface area contributed by atoms with Crippen molar-refractivity contribution in [3.63, 3.8) is 0 Å². The molecule has 94 valence electrons. The Morgan fingerprint density at radius 3 is 2.59 bits per heavy atom. The summed E-state index contributed by atoms with van der Waals surface area (Å²) in [5, 5.41) is 5.97. The zero-order chi connectivity index (χ0) is 12.5. The summed E-state index contributed by atoms with van der Waals surface area (Å²) in [6, 6.07) is 7.56. The van der Waals surface area contributed by atoms with Gasteiger partial charge in [0.15, 0.2) is 0 Å². The Labute approximate surface area is 111 Å². The van der Waals surface area contributed by atoms with Crippen LogP contribution in [0, 0.1) is 0 Å². The fourth-order valence-corrected chi connectivity index (χ4v) is 1.70. The molecule has 0 spiro atoms. The zero-order valence-electron chi connectivity index (χ0n) is 10.1. The molecule has 0 aromatic heterocycles. The Morgan fingerprint density at radius 2 is 1.94 bits per heavy atom. The average Bonchev–Trinajstić information content (AvgIpc) is 2.32. The van der Waals surface area contributed by atoms with Gasteiger partial charge in [-0.15, -0.1) is 0 Å². The van der Waals surface area contributed by atoms with Gasteiger partial charge in [0.25, 0.3) is 0 Å². The Morgan fingerprint density at radius 1 is 1.24 bits per heavy atom. The van der Waals surface area contributed by atoms with E-state index in [1.54, 1.807) is 0 Å². The third-order valence-electron chi connectivity index (χ3n) is 2.37. The van der Waals surface area contributed by atoms with Gasteiger partial charge in [0, 0.05) is 10.2 Å². The fraction of sp³-hybridized carbons (Fsp3) is 0.462. The van der Waals surface area contributed by atoms with Crippen LogP contribution < -0.4 is 10.6 Å². The normalized spacial score (nSPS) is 10.2. The quantitative estimate of drug-likeness (QED) is 0.759. The number of carbonyl (C=O) groups excluding carboxylic acids is 1. The summed E-state index contributed by atoms with van der Waals surface area (Å²) in [6.07, 6.45) is 3.54. The molecule has 1 rings (SSSR count). The predicted molar refractivity (Wildman–Crippen MR) is 75.2 cm³/mol. The summed E-state index contributed by atoms with van der Waals surface area (Å²) < 4.78 is 1.01. The maximum Gasteiger partial charge on any atom is 0.238 e. The van der Waals surface area contributed by atoms with Gasteiger partial charge in [-0.1, -0.05) is 35.7 Å². The smallest absolute Gasteiger partial charge is 0.238 e. The topological polar surface area (TPSA) is 41.1 Å². The first-order valence-corrected chi connectivity index (χ1v) is 6.78. The van der Waals surface area contributed by atoms with Crippen molar-refractivity contribution in [2.45, 2.75) is 26.2 Å². The molecule has 0 unspecified atom stereocenters. The van der Waals surface area contributed by atoms with Crippen LogP contribution in [0.4, 0.5) is 5.69 Å². The Hall–Kier alpha value is -0.870. The van der Waals surface area contributed by atoms with Gasteiger partial charge in [0.1, 0.15) is 0 Å². The van der Waals surface area contributed by atoms with Crippen molar-refractivity contribution < 1.29 is 4.79 Å². The molecule has 0 atom stereocenters. The maximum absolute atomic E-state index is 11.5. The van der Waals surface area contributed by atoms with Crippen LogP contribution in [0.1, 0.15) is 26.2 Å². The largest absolute Gasteiger partial charge is 0.325 e. The van der Waals surface area contributed by atoms with Crippen molar-refractivity contribution >= 4 is 27.5 Å². The van der Waals surface area contributed by atoms with Crippen LogP contribution in [0.5, 0.6) is 0 Å². The van der Waals surface area contributed by atoms with Crippen molar-refractivity contribution in [1.29, 1.82) is 0 Å². The Bertz CT molecular complexity index is 338. The number of hydrogen-bond acceptors (Lipinski definition) is 2. The molecule has 0 aliphatic rings. The van der Waals surface area contributed by atoms with E-state index in [0.717, 1.165) is 23.1 Å². The van der Waals surface area contributed by atoms with E-state index >= 15 is 0 Å². The van der Waals surface area contributed by atoms with Crippen molar-refractivity contribution in [2.24, 2.45) is 0 Å². The molecule has 0 saturated carbocycles. The molecule has 2 N–H and O–H groups in total. The van der Waals surface area contributed by atoms with E-state index in [0.29, 0.717) is 6.54 Å². The van der Waals surface area contributed by atoms with E-state index in [9.17, 15) is 4.79 Å². The highest BCUT2D eigenvalue weighted by Crippen LogP contribution is 2.13. The summed E-state index contributed by atoms with van der Waals surface area (Å²) >= 11 is 3.35. The summed E-state index contributed by atoms with van der Waals surface area (Å²) in [4.78, 5) is 11.5. The highest BCUT2D eigenvalue weighted by Gasteiger charge is 2.00. The summed E-state index contributed by atoms with van der Waals surface area (Å²) in [7, 11) is 0. The first-order valence-electron chi connectivity index (χ1n) is 5.98. The lowest BCUT2D eigenvalue weighted by Crippen LogP contribution is -2.28. The Kier molecular flexibility index (Phi) is 6.89. The molecule has 3 nitrogen and oxygen atoms in total. The van der Waals surface area contributed by atoms with E-state index in [-0.39, 0.29) is 5.91 Å². The van der Waals surface area contributed by atoms with Gasteiger partial charge in [0.2, 0.25) is 5.91 Å². The third-order valence-corrected chi connectivity index (χ3v) is 2.90. The lowest BCUT2D eigenvalue weighted by Gasteiger charge is -2.06. The van der Waals surface area contributed by atoms with Crippen molar-refractivity contribution in [2.75, 3.05) is 18.4 Å². The minimum Gasteiger partial charge on any atom is -0.325 e. The number of halogens is 1. The molecule has 0 radical (unpaired) electrons. The van der Waals surface area contributed by atoms with Gasteiger partial charge in [-0.05, 0) is 37.2 Å². The first-order chi connectivity index (χ1) is 8.22. The number of unbranched alkanes of at least 4 members (excludes halogenated alkanes) is 2. The minimum atomic E-state index is 0.00354. The molecule has 1 aromatic rings. The van der Waals surface area contributed by atoms with Crippen LogP contribution in [0.25, 0.3) is 0 Å². The van der Waals surface area contributed by atoms with Crippen LogP contribution in [-0.2, 0) is 4.79 Å². The lowest BCUT2D eigenvalue weighted by atomic mass is 10.2. The SMILES string of the molecule is CCCCCNCC(=O)Nc1ccc(Br)cc1. The van der Waals surface area contributed by atoms with Gasteiger partial charge in [-0.2, -0.15) is 0 Å². The molecular weight excluding hydrogens is 280 g/mol. The molecule has 0 bridgehead atoms. The number of benzene rings is 1. The number of amides is 1. The number of hydrogen-bond donors (Lipinski definition) is 2. The van der Waals surface area contributed by atoms with Gasteiger partial charge in [0.05, 0.1) is 6.54 Å². The van der Waals surface area contributed by atoms with Crippen molar-refractivity contribution in [3.05, 3.63) is 28.7 Å². The number of anilines is 1. The molecule has 0 saturated heterocycles. The number of carbonyl (C=O) groups is 1. The number of rotatable bonds is 7. The second kappa shape index (κ2) is 8.25. The highest BCUT2D eigenvalue weighted by atomic mass is 79.9. The molecule has 0 fully saturated rings. The standard InChI is InChI=1S/C13H19BrN2O/c1-2-3-4-9-15-10-13(17)16-12-7-5-11(14)6-8-12/h5-8,15H,2-4,9-10H2,1H3,(H,16,17).